The van der Waals surface area contributed by atoms with Crippen molar-refractivity contribution in [1.29, 1.82) is 0 Å². The van der Waals surface area contributed by atoms with Gasteiger partial charge in [0.05, 0.1) is 11.7 Å². The maximum Gasteiger partial charge on any atom is 0.325 e. The van der Waals surface area contributed by atoms with Gasteiger partial charge in [0.2, 0.25) is 5.91 Å². The number of nitrogens with one attached hydrogen (secondary N) is 2. The van der Waals surface area contributed by atoms with Crippen LogP contribution in [0.1, 0.15) is 30.3 Å². The molecule has 3 heterocycles. The molecular formula is C19H19N7O3S. The molecule has 0 bridgehead atoms. The lowest BCUT2D eigenvalue weighted by Gasteiger charge is -2.23. The molecule has 1 saturated heterocycles. The SMILES string of the molecule is C[C@H](NC(=O)CN1C(=O)N[C@](C)(c2cccc(-n3cnnn3)c2)C1=O)c1cccs1. The first kappa shape index (κ1) is 19.7. The van der Waals surface area contributed by atoms with Crippen LogP contribution in [0.25, 0.3) is 5.69 Å². The fraction of sp³-hybridized carbons (Fsp3) is 0.263. The Balaban J connectivity index is 1.51. The van der Waals surface area contributed by atoms with Crippen molar-refractivity contribution in [3.63, 3.8) is 0 Å². The van der Waals surface area contributed by atoms with E-state index in [9.17, 15) is 14.4 Å². The van der Waals surface area contributed by atoms with E-state index in [4.69, 9.17) is 0 Å². The zero-order chi connectivity index (χ0) is 21.3. The zero-order valence-electron chi connectivity index (χ0n) is 16.3. The van der Waals surface area contributed by atoms with Gasteiger partial charge in [-0.1, -0.05) is 18.2 Å². The Kier molecular flexibility index (Phi) is 5.04. The molecule has 1 aliphatic heterocycles. The molecule has 2 atom stereocenters. The van der Waals surface area contributed by atoms with E-state index in [1.165, 1.54) is 22.3 Å². The highest BCUT2D eigenvalue weighted by Crippen LogP contribution is 2.30. The highest BCUT2D eigenvalue weighted by Gasteiger charge is 2.49. The smallest absolute Gasteiger partial charge is 0.325 e. The second-order valence-electron chi connectivity index (χ2n) is 7.06. The van der Waals surface area contributed by atoms with Gasteiger partial charge in [0, 0.05) is 4.88 Å². The average molecular weight is 425 g/mol. The molecule has 1 aliphatic rings. The summed E-state index contributed by atoms with van der Waals surface area (Å²) in [6.45, 7) is 3.10. The van der Waals surface area contributed by atoms with Crippen LogP contribution < -0.4 is 10.6 Å². The molecule has 0 unspecified atom stereocenters. The molecule has 1 aromatic carbocycles. The lowest BCUT2D eigenvalue weighted by molar-refractivity contribution is -0.135. The molecule has 11 heteroatoms. The summed E-state index contributed by atoms with van der Waals surface area (Å²) in [7, 11) is 0. The van der Waals surface area contributed by atoms with Gasteiger partial charge >= 0.3 is 6.03 Å². The number of nitrogens with zero attached hydrogens (tertiary/aromatic N) is 5. The van der Waals surface area contributed by atoms with Crippen molar-refractivity contribution >= 4 is 29.2 Å². The van der Waals surface area contributed by atoms with Gasteiger partial charge in [-0.05, 0) is 53.4 Å². The molecule has 1 fully saturated rings. The summed E-state index contributed by atoms with van der Waals surface area (Å²) >= 11 is 1.52. The van der Waals surface area contributed by atoms with E-state index in [0.717, 1.165) is 9.78 Å². The second kappa shape index (κ2) is 7.67. The number of amides is 4. The molecule has 0 saturated carbocycles. The Labute approximate surface area is 175 Å². The predicted octanol–water partition coefficient (Wildman–Crippen LogP) is 1.37. The van der Waals surface area contributed by atoms with Crippen molar-refractivity contribution in [2.45, 2.75) is 25.4 Å². The number of rotatable bonds is 6. The van der Waals surface area contributed by atoms with Gasteiger partial charge in [-0.15, -0.1) is 16.4 Å². The van der Waals surface area contributed by atoms with E-state index in [1.807, 2.05) is 24.4 Å². The van der Waals surface area contributed by atoms with Crippen LogP contribution in [-0.2, 0) is 15.1 Å². The largest absolute Gasteiger partial charge is 0.347 e. The monoisotopic (exact) mass is 425 g/mol. The first-order chi connectivity index (χ1) is 14.4. The molecule has 0 aliphatic carbocycles. The van der Waals surface area contributed by atoms with Crippen LogP contribution in [-0.4, -0.2) is 49.5 Å². The van der Waals surface area contributed by atoms with E-state index in [2.05, 4.69) is 26.2 Å². The second-order valence-corrected chi connectivity index (χ2v) is 8.04. The molecule has 2 N–H and O–H groups in total. The van der Waals surface area contributed by atoms with Crippen LogP contribution >= 0.6 is 11.3 Å². The van der Waals surface area contributed by atoms with E-state index in [1.54, 1.807) is 31.2 Å². The van der Waals surface area contributed by atoms with Crippen molar-refractivity contribution in [1.82, 2.24) is 35.7 Å². The summed E-state index contributed by atoms with van der Waals surface area (Å²) in [6.07, 6.45) is 1.43. The van der Waals surface area contributed by atoms with Crippen molar-refractivity contribution in [3.05, 3.63) is 58.5 Å². The number of hydrogen-bond acceptors (Lipinski definition) is 7. The first-order valence-corrected chi connectivity index (χ1v) is 10.1. The fourth-order valence-electron chi connectivity index (χ4n) is 3.31. The van der Waals surface area contributed by atoms with Crippen molar-refractivity contribution < 1.29 is 14.4 Å². The predicted molar refractivity (Wildman–Crippen MR) is 108 cm³/mol. The van der Waals surface area contributed by atoms with Crippen LogP contribution in [0, 0.1) is 0 Å². The number of hydrogen-bond donors (Lipinski definition) is 2. The summed E-state index contributed by atoms with van der Waals surface area (Å²) < 4.78 is 1.45. The van der Waals surface area contributed by atoms with Gasteiger partial charge in [0.1, 0.15) is 18.4 Å². The van der Waals surface area contributed by atoms with E-state index < -0.39 is 23.4 Å². The van der Waals surface area contributed by atoms with Gasteiger partial charge < -0.3 is 10.6 Å². The van der Waals surface area contributed by atoms with Gasteiger partial charge in [-0.2, -0.15) is 0 Å². The third-order valence-corrected chi connectivity index (χ3v) is 6.02. The Morgan fingerprint density at radius 3 is 2.83 bits per heavy atom. The summed E-state index contributed by atoms with van der Waals surface area (Å²) in [6, 6.07) is 9.96. The molecule has 4 amide bonds. The Bertz CT molecular complexity index is 1080. The minimum Gasteiger partial charge on any atom is -0.347 e. The number of benzene rings is 1. The topological polar surface area (TPSA) is 122 Å². The molecule has 154 valence electrons. The molecule has 0 radical (unpaired) electrons. The average Bonchev–Trinajstić information content (AvgIpc) is 3.48. The number of thiophene rings is 1. The van der Waals surface area contributed by atoms with Crippen LogP contribution in [0.3, 0.4) is 0 Å². The molecule has 10 nitrogen and oxygen atoms in total. The van der Waals surface area contributed by atoms with Crippen molar-refractivity contribution in [2.75, 3.05) is 6.54 Å². The molecule has 30 heavy (non-hydrogen) atoms. The molecule has 2 aromatic heterocycles. The van der Waals surface area contributed by atoms with Crippen LogP contribution in [0.15, 0.2) is 48.1 Å². The minimum absolute atomic E-state index is 0.211. The molecule has 3 aromatic rings. The maximum atomic E-state index is 13.1. The summed E-state index contributed by atoms with van der Waals surface area (Å²) in [5.41, 5.74) is -0.105. The molecule has 4 rings (SSSR count). The Morgan fingerprint density at radius 2 is 2.13 bits per heavy atom. The molecular weight excluding hydrogens is 406 g/mol. The normalized spacial score (nSPS) is 19.6. The number of imide groups is 1. The lowest BCUT2D eigenvalue weighted by Crippen LogP contribution is -2.43. The van der Waals surface area contributed by atoms with E-state index in [0.29, 0.717) is 11.3 Å². The number of urea groups is 1. The number of tetrazole rings is 1. The highest BCUT2D eigenvalue weighted by atomic mass is 32.1. The third-order valence-electron chi connectivity index (χ3n) is 4.96. The van der Waals surface area contributed by atoms with E-state index >= 15 is 0 Å². The zero-order valence-corrected chi connectivity index (χ0v) is 17.1. The summed E-state index contributed by atoms with van der Waals surface area (Å²) in [5, 5.41) is 18.5. The molecule has 0 spiro atoms. The number of carbonyl (C=O) groups is 3. The van der Waals surface area contributed by atoms with Gasteiger partial charge in [-0.3, -0.25) is 14.5 Å². The van der Waals surface area contributed by atoms with Crippen molar-refractivity contribution in [2.24, 2.45) is 0 Å². The maximum absolute atomic E-state index is 13.1. The quantitative estimate of drug-likeness (QED) is 0.575. The van der Waals surface area contributed by atoms with E-state index in [-0.39, 0.29) is 12.6 Å². The van der Waals surface area contributed by atoms with Gasteiger partial charge in [-0.25, -0.2) is 9.48 Å². The summed E-state index contributed by atoms with van der Waals surface area (Å²) in [5.74, 6) is -0.911. The lowest BCUT2D eigenvalue weighted by atomic mass is 9.91. The third kappa shape index (κ3) is 3.54. The van der Waals surface area contributed by atoms with Gasteiger partial charge in [0.25, 0.3) is 5.91 Å². The van der Waals surface area contributed by atoms with Crippen LogP contribution in [0.4, 0.5) is 4.79 Å². The number of carbonyl (C=O) groups excluding carboxylic acids is 3. The highest BCUT2D eigenvalue weighted by molar-refractivity contribution is 7.10. The Hall–Kier alpha value is -3.60. The first-order valence-electron chi connectivity index (χ1n) is 9.19. The number of aromatic nitrogens is 4. The minimum atomic E-state index is -1.30. The van der Waals surface area contributed by atoms with Crippen LogP contribution in [0.2, 0.25) is 0 Å². The Morgan fingerprint density at radius 1 is 1.30 bits per heavy atom. The van der Waals surface area contributed by atoms with Crippen molar-refractivity contribution in [3.8, 4) is 5.69 Å². The standard InChI is InChI=1S/C19H19N7O3S/c1-12(15-7-4-8-30-15)21-16(27)10-25-17(28)19(2,22-18(25)29)13-5-3-6-14(9-13)26-11-20-23-24-26/h3-9,11-12H,10H2,1-2H3,(H,21,27)(H,22,29)/t12-,19+/m0/s1. The van der Waals surface area contributed by atoms with Crippen LogP contribution in [0.5, 0.6) is 0 Å². The van der Waals surface area contributed by atoms with Gasteiger partial charge in [0.15, 0.2) is 0 Å². The fourth-order valence-corrected chi connectivity index (χ4v) is 4.05. The summed E-state index contributed by atoms with van der Waals surface area (Å²) in [4.78, 5) is 40.0.